The molecule has 1 aromatic carbocycles. The van der Waals surface area contributed by atoms with Crippen LogP contribution < -0.4 is 0 Å². The Morgan fingerprint density at radius 2 is 1.50 bits per heavy atom. The second kappa shape index (κ2) is 3.96. The summed E-state index contributed by atoms with van der Waals surface area (Å²) in [5, 5.41) is 0. The number of hydrogen-bond donors (Lipinski definition) is 0. The SMILES string of the molecule is C=C(C)c1ccc(C(C)(C)C(F)(F)F)cc1. The predicted molar refractivity (Wildman–Crippen MR) is 60.2 cm³/mol. The first-order chi connectivity index (χ1) is 7.16. The first-order valence-electron chi connectivity index (χ1n) is 4.99. The fourth-order valence-corrected chi connectivity index (χ4v) is 1.34. The molecule has 0 aromatic heterocycles. The molecule has 0 amide bonds. The highest BCUT2D eigenvalue weighted by molar-refractivity contribution is 5.61. The van der Waals surface area contributed by atoms with Crippen LogP contribution >= 0.6 is 0 Å². The number of rotatable bonds is 2. The predicted octanol–water partition coefficient (Wildman–Crippen LogP) is 4.56. The molecule has 0 bridgehead atoms. The Bertz CT molecular complexity index is 383. The summed E-state index contributed by atoms with van der Waals surface area (Å²) in [6.07, 6.45) is -4.24. The topological polar surface area (TPSA) is 0 Å². The average molecular weight is 228 g/mol. The van der Waals surface area contributed by atoms with Crippen LogP contribution in [0.3, 0.4) is 0 Å². The summed E-state index contributed by atoms with van der Waals surface area (Å²) in [5.41, 5.74) is 0.156. The van der Waals surface area contributed by atoms with E-state index in [4.69, 9.17) is 0 Å². The lowest BCUT2D eigenvalue weighted by atomic mass is 9.83. The van der Waals surface area contributed by atoms with Crippen molar-refractivity contribution < 1.29 is 13.2 Å². The Labute approximate surface area is 93.8 Å². The van der Waals surface area contributed by atoms with Crippen molar-refractivity contribution in [3.05, 3.63) is 42.0 Å². The van der Waals surface area contributed by atoms with Crippen LogP contribution in [0.25, 0.3) is 5.57 Å². The molecule has 0 aliphatic rings. The summed E-state index contributed by atoms with van der Waals surface area (Å²) >= 11 is 0. The van der Waals surface area contributed by atoms with Gasteiger partial charge in [-0.05, 0) is 31.9 Å². The molecule has 0 unspecified atom stereocenters. The van der Waals surface area contributed by atoms with Gasteiger partial charge in [-0.1, -0.05) is 36.4 Å². The fraction of sp³-hybridized carbons (Fsp3) is 0.385. The van der Waals surface area contributed by atoms with Gasteiger partial charge in [-0.3, -0.25) is 0 Å². The Balaban J connectivity index is 3.11. The van der Waals surface area contributed by atoms with Crippen molar-refractivity contribution in [3.8, 4) is 0 Å². The van der Waals surface area contributed by atoms with Crippen LogP contribution in [0, 0.1) is 0 Å². The van der Waals surface area contributed by atoms with Gasteiger partial charge in [0, 0.05) is 0 Å². The quantitative estimate of drug-likeness (QED) is 0.696. The van der Waals surface area contributed by atoms with Gasteiger partial charge < -0.3 is 0 Å². The maximum atomic E-state index is 12.8. The first kappa shape index (κ1) is 12.8. The van der Waals surface area contributed by atoms with Crippen molar-refractivity contribution >= 4 is 5.57 Å². The molecule has 0 N–H and O–H groups in total. The Morgan fingerprint density at radius 3 is 1.81 bits per heavy atom. The fourth-order valence-electron chi connectivity index (χ4n) is 1.34. The number of hydrogen-bond acceptors (Lipinski definition) is 0. The summed E-state index contributed by atoms with van der Waals surface area (Å²) in [6, 6.07) is 6.37. The van der Waals surface area contributed by atoms with Gasteiger partial charge in [0.05, 0.1) is 5.41 Å². The van der Waals surface area contributed by atoms with Crippen LogP contribution in [0.5, 0.6) is 0 Å². The molecule has 1 aromatic rings. The van der Waals surface area contributed by atoms with E-state index in [0.29, 0.717) is 0 Å². The molecule has 0 radical (unpaired) electrons. The molecule has 0 nitrogen and oxygen atoms in total. The Hall–Kier alpha value is -1.25. The van der Waals surface area contributed by atoms with Gasteiger partial charge in [0.15, 0.2) is 0 Å². The molecule has 88 valence electrons. The lowest BCUT2D eigenvalue weighted by Crippen LogP contribution is -2.36. The molecule has 0 aliphatic carbocycles. The zero-order chi connectivity index (χ0) is 12.6. The van der Waals surface area contributed by atoms with Crippen LogP contribution in [-0.4, -0.2) is 6.18 Å². The van der Waals surface area contributed by atoms with E-state index in [9.17, 15) is 13.2 Å². The van der Waals surface area contributed by atoms with E-state index >= 15 is 0 Å². The number of allylic oxidation sites excluding steroid dienone is 1. The average Bonchev–Trinajstić information content (AvgIpc) is 2.16. The highest BCUT2D eigenvalue weighted by Crippen LogP contribution is 2.40. The van der Waals surface area contributed by atoms with Crippen molar-refractivity contribution in [2.24, 2.45) is 0 Å². The zero-order valence-corrected chi connectivity index (χ0v) is 9.65. The van der Waals surface area contributed by atoms with Crippen LogP contribution in [0.2, 0.25) is 0 Å². The van der Waals surface area contributed by atoms with Crippen LogP contribution in [0.15, 0.2) is 30.8 Å². The minimum absolute atomic E-state index is 0.269. The van der Waals surface area contributed by atoms with Gasteiger partial charge in [0.2, 0.25) is 0 Å². The van der Waals surface area contributed by atoms with Crippen molar-refractivity contribution in [1.82, 2.24) is 0 Å². The monoisotopic (exact) mass is 228 g/mol. The second-order valence-electron chi connectivity index (χ2n) is 4.48. The van der Waals surface area contributed by atoms with E-state index in [1.54, 1.807) is 12.1 Å². The number of halogens is 3. The van der Waals surface area contributed by atoms with E-state index < -0.39 is 11.6 Å². The highest BCUT2D eigenvalue weighted by Gasteiger charge is 2.48. The van der Waals surface area contributed by atoms with Crippen molar-refractivity contribution in [2.45, 2.75) is 32.4 Å². The van der Waals surface area contributed by atoms with Gasteiger partial charge in [0.25, 0.3) is 0 Å². The van der Waals surface area contributed by atoms with Gasteiger partial charge in [0.1, 0.15) is 0 Å². The molecule has 1 rings (SSSR count). The lowest BCUT2D eigenvalue weighted by Gasteiger charge is -2.28. The van der Waals surface area contributed by atoms with E-state index in [0.717, 1.165) is 11.1 Å². The standard InChI is InChI=1S/C13H15F3/c1-9(2)10-5-7-11(8-6-10)12(3,4)13(14,15)16/h5-8H,1H2,2-4H3. The Morgan fingerprint density at radius 1 is 1.06 bits per heavy atom. The summed E-state index contributed by atoms with van der Waals surface area (Å²) in [7, 11) is 0. The normalized spacial score (nSPS) is 12.6. The maximum Gasteiger partial charge on any atom is 0.397 e. The molecule has 0 aliphatic heterocycles. The van der Waals surface area contributed by atoms with Crippen LogP contribution in [-0.2, 0) is 5.41 Å². The van der Waals surface area contributed by atoms with Crippen molar-refractivity contribution in [3.63, 3.8) is 0 Å². The molecule has 3 heteroatoms. The third-order valence-corrected chi connectivity index (χ3v) is 2.81. The van der Waals surface area contributed by atoms with Crippen molar-refractivity contribution in [1.29, 1.82) is 0 Å². The summed E-state index contributed by atoms with van der Waals surface area (Å²) in [6.45, 7) is 7.93. The van der Waals surface area contributed by atoms with E-state index in [-0.39, 0.29) is 5.56 Å². The molecule has 0 fully saturated rings. The van der Waals surface area contributed by atoms with Gasteiger partial charge in [-0.25, -0.2) is 0 Å². The summed E-state index contributed by atoms with van der Waals surface area (Å²) in [5.74, 6) is 0. The summed E-state index contributed by atoms with van der Waals surface area (Å²) < 4.78 is 38.3. The maximum absolute atomic E-state index is 12.8. The molecule has 0 saturated carbocycles. The smallest absolute Gasteiger partial charge is 0.170 e. The Kier molecular flexibility index (Phi) is 3.17. The molecule has 0 atom stereocenters. The number of benzene rings is 1. The summed E-state index contributed by atoms with van der Waals surface area (Å²) in [4.78, 5) is 0. The highest BCUT2D eigenvalue weighted by atomic mass is 19.4. The molecule has 0 spiro atoms. The van der Waals surface area contributed by atoms with E-state index in [1.165, 1.54) is 26.0 Å². The zero-order valence-electron chi connectivity index (χ0n) is 9.65. The third kappa shape index (κ3) is 2.29. The van der Waals surface area contributed by atoms with E-state index in [1.807, 2.05) is 6.92 Å². The molecule has 0 heterocycles. The molecular formula is C13H15F3. The lowest BCUT2D eigenvalue weighted by molar-refractivity contribution is -0.180. The van der Waals surface area contributed by atoms with Gasteiger partial charge in [-0.15, -0.1) is 0 Å². The first-order valence-corrected chi connectivity index (χ1v) is 4.99. The largest absolute Gasteiger partial charge is 0.397 e. The van der Waals surface area contributed by atoms with Gasteiger partial charge >= 0.3 is 6.18 Å². The minimum Gasteiger partial charge on any atom is -0.170 e. The van der Waals surface area contributed by atoms with Crippen LogP contribution in [0.1, 0.15) is 31.9 Å². The molecular weight excluding hydrogens is 213 g/mol. The molecule has 16 heavy (non-hydrogen) atoms. The number of alkyl halides is 3. The van der Waals surface area contributed by atoms with Crippen molar-refractivity contribution in [2.75, 3.05) is 0 Å². The second-order valence-corrected chi connectivity index (χ2v) is 4.48. The van der Waals surface area contributed by atoms with E-state index in [2.05, 4.69) is 6.58 Å². The van der Waals surface area contributed by atoms with Crippen LogP contribution in [0.4, 0.5) is 13.2 Å². The minimum atomic E-state index is -4.24. The van der Waals surface area contributed by atoms with Gasteiger partial charge in [-0.2, -0.15) is 13.2 Å². The third-order valence-electron chi connectivity index (χ3n) is 2.81. The molecule has 0 saturated heterocycles.